The maximum absolute atomic E-state index is 12.2. The van der Waals surface area contributed by atoms with Crippen molar-refractivity contribution in [2.45, 2.75) is 25.3 Å². The molecule has 2 amide bonds. The first-order valence-corrected chi connectivity index (χ1v) is 8.95. The summed E-state index contributed by atoms with van der Waals surface area (Å²) in [7, 11) is 0. The van der Waals surface area contributed by atoms with Crippen LogP contribution in [-0.4, -0.2) is 62.1 Å². The van der Waals surface area contributed by atoms with Gasteiger partial charge in [0.1, 0.15) is 0 Å². The molecule has 2 saturated heterocycles. The summed E-state index contributed by atoms with van der Waals surface area (Å²) in [6.45, 7) is 4.19. The molecule has 7 nitrogen and oxygen atoms in total. The molecule has 3 rings (SSSR count). The monoisotopic (exact) mass is 346 g/mol. The van der Waals surface area contributed by atoms with Crippen LogP contribution in [0.3, 0.4) is 0 Å². The van der Waals surface area contributed by atoms with Gasteiger partial charge in [-0.3, -0.25) is 14.5 Å². The van der Waals surface area contributed by atoms with E-state index in [-0.39, 0.29) is 17.9 Å². The Hall–Kier alpha value is -1.96. The molecular formula is C18H26N4O3. The smallest absolute Gasteiger partial charge is 0.241 e. The third kappa shape index (κ3) is 5.52. The van der Waals surface area contributed by atoms with Gasteiger partial charge in [-0.15, -0.1) is 0 Å². The summed E-state index contributed by atoms with van der Waals surface area (Å²) in [6, 6.07) is 7.12. The fraction of sp³-hybridized carbons (Fsp3) is 0.556. The van der Waals surface area contributed by atoms with Crippen LogP contribution in [-0.2, 0) is 14.3 Å². The van der Waals surface area contributed by atoms with Crippen molar-refractivity contribution < 1.29 is 14.3 Å². The molecule has 0 aromatic heterocycles. The van der Waals surface area contributed by atoms with Gasteiger partial charge in [-0.2, -0.15) is 0 Å². The molecule has 0 aliphatic carbocycles. The van der Waals surface area contributed by atoms with Crippen molar-refractivity contribution in [2.24, 2.45) is 0 Å². The first-order chi connectivity index (χ1) is 12.2. The largest absolute Gasteiger partial charge is 0.379 e. The van der Waals surface area contributed by atoms with Gasteiger partial charge >= 0.3 is 0 Å². The topological polar surface area (TPSA) is 82.7 Å². The minimum absolute atomic E-state index is 0.00352. The second-order valence-corrected chi connectivity index (χ2v) is 6.51. The number of amides is 2. The zero-order chi connectivity index (χ0) is 17.5. The lowest BCUT2D eigenvalue weighted by Crippen LogP contribution is -2.43. The SMILES string of the molecule is O=C(CN1CCOCC1)Nc1ccc(NC(=O)C2CCCCN2)cc1. The zero-order valence-corrected chi connectivity index (χ0v) is 14.4. The Bertz CT molecular complexity index is 578. The number of nitrogens with zero attached hydrogens (tertiary/aromatic N) is 1. The van der Waals surface area contributed by atoms with E-state index in [0.717, 1.165) is 50.3 Å². The predicted octanol–water partition coefficient (Wildman–Crippen LogP) is 1.04. The first-order valence-electron chi connectivity index (χ1n) is 8.95. The lowest BCUT2D eigenvalue weighted by atomic mass is 10.0. The number of hydrogen-bond acceptors (Lipinski definition) is 5. The van der Waals surface area contributed by atoms with E-state index in [0.29, 0.717) is 19.8 Å². The van der Waals surface area contributed by atoms with Crippen molar-refractivity contribution in [3.8, 4) is 0 Å². The van der Waals surface area contributed by atoms with Crippen LogP contribution in [0.5, 0.6) is 0 Å². The first kappa shape index (κ1) is 17.8. The molecule has 25 heavy (non-hydrogen) atoms. The number of benzene rings is 1. The summed E-state index contributed by atoms with van der Waals surface area (Å²) >= 11 is 0. The molecule has 2 heterocycles. The number of carbonyl (C=O) groups is 2. The van der Waals surface area contributed by atoms with Crippen LogP contribution in [0, 0.1) is 0 Å². The maximum Gasteiger partial charge on any atom is 0.241 e. The van der Waals surface area contributed by atoms with E-state index in [1.54, 1.807) is 12.1 Å². The number of carbonyl (C=O) groups excluding carboxylic acids is 2. The van der Waals surface area contributed by atoms with Crippen molar-refractivity contribution in [3.05, 3.63) is 24.3 Å². The highest BCUT2D eigenvalue weighted by Gasteiger charge is 2.20. The van der Waals surface area contributed by atoms with Crippen LogP contribution in [0.4, 0.5) is 11.4 Å². The number of piperidine rings is 1. The molecule has 7 heteroatoms. The minimum Gasteiger partial charge on any atom is -0.379 e. The molecule has 2 aliphatic rings. The number of anilines is 2. The van der Waals surface area contributed by atoms with Crippen molar-refractivity contribution in [1.82, 2.24) is 10.2 Å². The van der Waals surface area contributed by atoms with Gasteiger partial charge in [0.05, 0.1) is 25.8 Å². The van der Waals surface area contributed by atoms with E-state index in [1.165, 1.54) is 0 Å². The number of ether oxygens (including phenoxy) is 1. The predicted molar refractivity (Wildman–Crippen MR) is 96.6 cm³/mol. The zero-order valence-electron chi connectivity index (χ0n) is 14.4. The molecule has 1 aromatic rings. The molecular weight excluding hydrogens is 320 g/mol. The van der Waals surface area contributed by atoms with Crippen LogP contribution in [0.15, 0.2) is 24.3 Å². The van der Waals surface area contributed by atoms with Crippen LogP contribution in [0.1, 0.15) is 19.3 Å². The fourth-order valence-electron chi connectivity index (χ4n) is 3.10. The summed E-state index contributed by atoms with van der Waals surface area (Å²) < 4.78 is 5.28. The fourth-order valence-corrected chi connectivity index (χ4v) is 3.10. The molecule has 136 valence electrons. The Balaban J connectivity index is 1.46. The molecule has 0 bridgehead atoms. The van der Waals surface area contributed by atoms with Crippen molar-refractivity contribution in [3.63, 3.8) is 0 Å². The van der Waals surface area contributed by atoms with E-state index < -0.39 is 0 Å². The van der Waals surface area contributed by atoms with Crippen LogP contribution < -0.4 is 16.0 Å². The quantitative estimate of drug-likeness (QED) is 0.742. The Labute approximate surface area is 148 Å². The molecule has 1 unspecified atom stereocenters. The average Bonchev–Trinajstić information content (AvgIpc) is 2.65. The Morgan fingerprint density at radius 2 is 1.76 bits per heavy atom. The van der Waals surface area contributed by atoms with Crippen LogP contribution in [0.2, 0.25) is 0 Å². The summed E-state index contributed by atoms with van der Waals surface area (Å²) in [6.07, 6.45) is 3.09. The van der Waals surface area contributed by atoms with E-state index in [1.807, 2.05) is 12.1 Å². The molecule has 1 atom stereocenters. The molecule has 3 N–H and O–H groups in total. The number of hydrogen-bond donors (Lipinski definition) is 3. The van der Waals surface area contributed by atoms with Gasteiger partial charge in [0, 0.05) is 24.5 Å². The second kappa shape index (κ2) is 8.94. The van der Waals surface area contributed by atoms with Crippen molar-refractivity contribution >= 4 is 23.2 Å². The number of rotatable bonds is 5. The van der Waals surface area contributed by atoms with Crippen LogP contribution in [0.25, 0.3) is 0 Å². The van der Waals surface area contributed by atoms with Gasteiger partial charge in [0.25, 0.3) is 0 Å². The molecule has 2 aliphatic heterocycles. The van der Waals surface area contributed by atoms with Gasteiger partial charge in [-0.25, -0.2) is 0 Å². The van der Waals surface area contributed by atoms with Crippen molar-refractivity contribution in [2.75, 3.05) is 50.0 Å². The Kier molecular flexibility index (Phi) is 6.38. The van der Waals surface area contributed by atoms with Gasteiger partial charge in [0.15, 0.2) is 0 Å². The van der Waals surface area contributed by atoms with Gasteiger partial charge in [-0.05, 0) is 43.7 Å². The maximum atomic E-state index is 12.2. The van der Waals surface area contributed by atoms with E-state index >= 15 is 0 Å². The van der Waals surface area contributed by atoms with E-state index in [2.05, 4.69) is 20.9 Å². The molecule has 1 aromatic carbocycles. The van der Waals surface area contributed by atoms with Gasteiger partial charge in [-0.1, -0.05) is 6.42 Å². The highest BCUT2D eigenvalue weighted by atomic mass is 16.5. The van der Waals surface area contributed by atoms with E-state index in [9.17, 15) is 9.59 Å². The lowest BCUT2D eigenvalue weighted by molar-refractivity contribution is -0.119. The molecule has 0 radical (unpaired) electrons. The van der Waals surface area contributed by atoms with Gasteiger partial charge in [0.2, 0.25) is 11.8 Å². The van der Waals surface area contributed by atoms with Crippen molar-refractivity contribution in [1.29, 1.82) is 0 Å². The third-order valence-corrected chi connectivity index (χ3v) is 4.53. The van der Waals surface area contributed by atoms with E-state index in [4.69, 9.17) is 4.74 Å². The summed E-state index contributed by atoms with van der Waals surface area (Å²) in [5.74, 6) is -0.0334. The number of morpholine rings is 1. The minimum atomic E-state index is -0.110. The summed E-state index contributed by atoms with van der Waals surface area (Å²) in [5, 5.41) is 9.04. The molecule has 0 saturated carbocycles. The molecule has 0 spiro atoms. The molecule has 2 fully saturated rings. The van der Waals surface area contributed by atoms with Gasteiger partial charge < -0.3 is 20.7 Å². The highest BCUT2D eigenvalue weighted by molar-refractivity contribution is 5.96. The van der Waals surface area contributed by atoms with Crippen LogP contribution >= 0.6 is 0 Å². The lowest BCUT2D eigenvalue weighted by Gasteiger charge is -2.25. The third-order valence-electron chi connectivity index (χ3n) is 4.53. The standard InChI is InChI=1S/C18H26N4O3/c23-17(13-22-9-11-25-12-10-22)20-14-4-6-15(7-5-14)21-18(24)16-3-1-2-8-19-16/h4-7,16,19H,1-3,8-13H2,(H,20,23)(H,21,24). The number of nitrogens with one attached hydrogen (secondary N) is 3. The highest BCUT2D eigenvalue weighted by Crippen LogP contribution is 2.15. The summed E-state index contributed by atoms with van der Waals surface area (Å²) in [4.78, 5) is 26.3. The normalized spacial score (nSPS) is 21.5. The Morgan fingerprint density at radius 1 is 1.08 bits per heavy atom. The average molecular weight is 346 g/mol. The Morgan fingerprint density at radius 3 is 2.40 bits per heavy atom. The second-order valence-electron chi connectivity index (χ2n) is 6.51. The summed E-state index contributed by atoms with van der Waals surface area (Å²) in [5.41, 5.74) is 1.47.